The van der Waals surface area contributed by atoms with Crippen LogP contribution in [0.4, 0.5) is 10.5 Å². The number of rotatable bonds is 7. The first-order valence-corrected chi connectivity index (χ1v) is 8.70. The lowest BCUT2D eigenvalue weighted by Crippen LogP contribution is -2.44. The molecule has 0 bridgehead atoms. The molecule has 7 heteroatoms. The van der Waals surface area contributed by atoms with Gasteiger partial charge in [0.2, 0.25) is 5.91 Å². The fourth-order valence-corrected chi connectivity index (χ4v) is 1.95. The maximum absolute atomic E-state index is 12.3. The van der Waals surface area contributed by atoms with Gasteiger partial charge in [-0.05, 0) is 46.2 Å². The highest BCUT2D eigenvalue weighted by Crippen LogP contribution is 2.17. The van der Waals surface area contributed by atoms with E-state index in [9.17, 15) is 14.4 Å². The van der Waals surface area contributed by atoms with Gasteiger partial charge in [0.1, 0.15) is 11.6 Å². The molecule has 0 radical (unpaired) electrons. The lowest BCUT2D eigenvalue weighted by Gasteiger charge is -2.22. The summed E-state index contributed by atoms with van der Waals surface area (Å²) in [5.41, 5.74) is -0.0620. The second-order valence-corrected chi connectivity index (χ2v) is 6.89. The van der Waals surface area contributed by atoms with E-state index in [2.05, 4.69) is 10.6 Å². The summed E-state index contributed by atoms with van der Waals surface area (Å²) in [5.74, 6) is -0.966. The quantitative estimate of drug-likeness (QED) is 0.570. The topological polar surface area (TPSA) is 93.7 Å². The number of anilines is 1. The van der Waals surface area contributed by atoms with Crippen LogP contribution in [0.15, 0.2) is 24.3 Å². The molecule has 0 aromatic heterocycles. The number of unbranched alkanes of at least 4 members (excludes halogenated alkanes) is 1. The zero-order chi connectivity index (χ0) is 19.7. The van der Waals surface area contributed by atoms with E-state index < -0.39 is 29.6 Å². The van der Waals surface area contributed by atoms with Crippen LogP contribution in [0.5, 0.6) is 0 Å². The van der Waals surface area contributed by atoms with E-state index in [-0.39, 0.29) is 5.56 Å². The van der Waals surface area contributed by atoms with E-state index in [1.54, 1.807) is 45.0 Å². The molecule has 0 fully saturated rings. The summed E-state index contributed by atoms with van der Waals surface area (Å²) in [5, 5.41) is 5.10. The van der Waals surface area contributed by atoms with Gasteiger partial charge in [-0.25, -0.2) is 9.59 Å². The zero-order valence-electron chi connectivity index (χ0n) is 16.0. The van der Waals surface area contributed by atoms with Crippen LogP contribution >= 0.6 is 0 Å². The van der Waals surface area contributed by atoms with Gasteiger partial charge in [0, 0.05) is 0 Å². The number of carbonyl (C=O) groups is 3. The molecular weight excluding hydrogens is 336 g/mol. The number of amides is 2. The Hall–Kier alpha value is -2.57. The fraction of sp³-hybridized carbons (Fsp3) is 0.526. The standard InChI is InChI=1S/C19H28N2O5/c1-6-7-12-25-17(23)14-10-8-9-11-15(14)21-16(22)13(2)20-18(24)26-19(3,4)5/h8-11,13H,6-7,12H2,1-5H3,(H,20,24)(H,21,22). The molecule has 0 spiro atoms. The number of benzene rings is 1. The van der Waals surface area contributed by atoms with E-state index >= 15 is 0 Å². The maximum atomic E-state index is 12.3. The van der Waals surface area contributed by atoms with E-state index in [1.807, 2.05) is 6.92 Å². The van der Waals surface area contributed by atoms with Crippen LogP contribution in [0.3, 0.4) is 0 Å². The Labute approximate surface area is 154 Å². The summed E-state index contributed by atoms with van der Waals surface area (Å²) in [4.78, 5) is 36.2. The summed E-state index contributed by atoms with van der Waals surface area (Å²) in [7, 11) is 0. The normalized spacial score (nSPS) is 12.0. The molecule has 0 heterocycles. The first-order chi connectivity index (χ1) is 12.1. The second-order valence-electron chi connectivity index (χ2n) is 6.89. The third kappa shape index (κ3) is 7.55. The van der Waals surface area contributed by atoms with Crippen molar-refractivity contribution in [2.75, 3.05) is 11.9 Å². The van der Waals surface area contributed by atoms with Crippen LogP contribution in [0.2, 0.25) is 0 Å². The number of para-hydroxylation sites is 1. The van der Waals surface area contributed by atoms with Crippen molar-refractivity contribution in [1.29, 1.82) is 0 Å². The molecule has 0 aliphatic rings. The molecule has 2 N–H and O–H groups in total. The molecule has 0 saturated heterocycles. The van der Waals surface area contributed by atoms with Gasteiger partial charge in [-0.15, -0.1) is 0 Å². The molecule has 26 heavy (non-hydrogen) atoms. The van der Waals surface area contributed by atoms with Crippen LogP contribution in [0.25, 0.3) is 0 Å². The minimum atomic E-state index is -0.839. The molecule has 1 aromatic carbocycles. The minimum absolute atomic E-state index is 0.265. The molecule has 0 saturated carbocycles. The molecule has 2 amide bonds. The molecule has 0 aliphatic heterocycles. The van der Waals surface area contributed by atoms with Crippen molar-refractivity contribution in [1.82, 2.24) is 5.32 Å². The molecule has 0 aliphatic carbocycles. The number of hydrogen-bond donors (Lipinski definition) is 2. The highest BCUT2D eigenvalue weighted by atomic mass is 16.6. The average molecular weight is 364 g/mol. The van der Waals surface area contributed by atoms with Crippen LogP contribution in [0.1, 0.15) is 57.8 Å². The first-order valence-electron chi connectivity index (χ1n) is 8.70. The van der Waals surface area contributed by atoms with Crippen molar-refractivity contribution in [3.63, 3.8) is 0 Å². The third-order valence-corrected chi connectivity index (χ3v) is 3.26. The summed E-state index contributed by atoms with van der Waals surface area (Å²) in [6.45, 7) is 9.06. The van der Waals surface area contributed by atoms with Gasteiger partial charge < -0.3 is 20.1 Å². The van der Waals surface area contributed by atoms with Gasteiger partial charge in [0.25, 0.3) is 0 Å². The van der Waals surface area contributed by atoms with Crippen LogP contribution < -0.4 is 10.6 Å². The van der Waals surface area contributed by atoms with Gasteiger partial charge in [-0.1, -0.05) is 25.5 Å². The highest BCUT2D eigenvalue weighted by Gasteiger charge is 2.22. The van der Waals surface area contributed by atoms with Crippen molar-refractivity contribution < 1.29 is 23.9 Å². The lowest BCUT2D eigenvalue weighted by molar-refractivity contribution is -0.117. The smallest absolute Gasteiger partial charge is 0.408 e. The Balaban J connectivity index is 2.71. The first kappa shape index (κ1) is 21.5. The number of hydrogen-bond acceptors (Lipinski definition) is 5. The van der Waals surface area contributed by atoms with Crippen LogP contribution in [0, 0.1) is 0 Å². The Morgan fingerprint density at radius 1 is 1.15 bits per heavy atom. The summed E-state index contributed by atoms with van der Waals surface area (Å²) >= 11 is 0. The average Bonchev–Trinajstić information content (AvgIpc) is 2.53. The van der Waals surface area contributed by atoms with Crippen molar-refractivity contribution in [3.05, 3.63) is 29.8 Å². The second kappa shape index (κ2) is 9.79. The molecular formula is C19H28N2O5. The molecule has 7 nitrogen and oxygen atoms in total. The van der Waals surface area contributed by atoms with Gasteiger partial charge in [-0.2, -0.15) is 0 Å². The van der Waals surface area contributed by atoms with E-state index in [1.165, 1.54) is 6.92 Å². The summed E-state index contributed by atoms with van der Waals surface area (Å²) in [6.07, 6.45) is 1.00. The molecule has 144 valence electrons. The predicted octanol–water partition coefficient (Wildman–Crippen LogP) is 3.50. The Kier molecular flexibility index (Phi) is 8.09. The highest BCUT2D eigenvalue weighted by molar-refractivity contribution is 6.03. The number of alkyl carbamates (subject to hydrolysis) is 1. The van der Waals surface area contributed by atoms with Gasteiger partial charge in [0.05, 0.1) is 17.9 Å². The summed E-state index contributed by atoms with van der Waals surface area (Å²) in [6, 6.07) is 5.73. The third-order valence-electron chi connectivity index (χ3n) is 3.26. The summed E-state index contributed by atoms with van der Waals surface area (Å²) < 4.78 is 10.3. The Morgan fingerprint density at radius 2 is 1.81 bits per heavy atom. The van der Waals surface area contributed by atoms with Gasteiger partial charge in [0.15, 0.2) is 0 Å². The number of esters is 1. The van der Waals surface area contributed by atoms with E-state index in [0.29, 0.717) is 12.3 Å². The zero-order valence-corrected chi connectivity index (χ0v) is 16.0. The number of carbonyl (C=O) groups excluding carboxylic acids is 3. The fourth-order valence-electron chi connectivity index (χ4n) is 1.95. The van der Waals surface area contributed by atoms with Crippen LogP contribution in [-0.2, 0) is 14.3 Å². The predicted molar refractivity (Wildman–Crippen MR) is 99.1 cm³/mol. The van der Waals surface area contributed by atoms with Gasteiger partial charge >= 0.3 is 12.1 Å². The molecule has 1 atom stereocenters. The molecule has 1 aromatic rings. The minimum Gasteiger partial charge on any atom is -0.462 e. The monoisotopic (exact) mass is 364 g/mol. The van der Waals surface area contributed by atoms with Crippen molar-refractivity contribution in [2.24, 2.45) is 0 Å². The van der Waals surface area contributed by atoms with Crippen molar-refractivity contribution in [2.45, 2.75) is 59.1 Å². The van der Waals surface area contributed by atoms with E-state index in [4.69, 9.17) is 9.47 Å². The Morgan fingerprint density at radius 3 is 2.42 bits per heavy atom. The number of ether oxygens (including phenoxy) is 2. The largest absolute Gasteiger partial charge is 0.462 e. The molecule has 1 rings (SSSR count). The molecule has 1 unspecified atom stereocenters. The lowest BCUT2D eigenvalue weighted by atomic mass is 10.1. The Bertz CT molecular complexity index is 637. The van der Waals surface area contributed by atoms with Crippen molar-refractivity contribution in [3.8, 4) is 0 Å². The van der Waals surface area contributed by atoms with E-state index in [0.717, 1.165) is 12.8 Å². The van der Waals surface area contributed by atoms with Gasteiger partial charge in [-0.3, -0.25) is 4.79 Å². The number of nitrogens with one attached hydrogen (secondary N) is 2. The van der Waals surface area contributed by atoms with Crippen LogP contribution in [-0.4, -0.2) is 36.2 Å². The maximum Gasteiger partial charge on any atom is 0.408 e. The van der Waals surface area contributed by atoms with Crippen molar-refractivity contribution >= 4 is 23.7 Å². The SMILES string of the molecule is CCCCOC(=O)c1ccccc1NC(=O)C(C)NC(=O)OC(C)(C)C.